The van der Waals surface area contributed by atoms with Gasteiger partial charge in [0.2, 0.25) is 0 Å². The van der Waals surface area contributed by atoms with Gasteiger partial charge in [-0.1, -0.05) is 0 Å². The molecule has 0 unspecified atom stereocenters. The van der Waals surface area contributed by atoms with Gasteiger partial charge in [-0.3, -0.25) is 14.3 Å². The smallest absolute Gasteiger partial charge is 0.261 e. The van der Waals surface area contributed by atoms with Crippen LogP contribution in [0.15, 0.2) is 35.6 Å². The maximum atomic E-state index is 11.8. The first-order valence-electron chi connectivity index (χ1n) is 7.39. The minimum Gasteiger partial charge on any atom is -0.493 e. The van der Waals surface area contributed by atoms with Crippen molar-refractivity contribution in [3.63, 3.8) is 0 Å². The first-order valence-corrected chi connectivity index (χ1v) is 7.39. The van der Waals surface area contributed by atoms with Crippen LogP contribution in [0.25, 0.3) is 0 Å². The number of ether oxygens (including phenoxy) is 2. The fourth-order valence-corrected chi connectivity index (χ4v) is 1.95. The number of hydrogen-bond acceptors (Lipinski definition) is 6. The molecule has 0 aliphatic carbocycles. The molecule has 0 bridgehead atoms. The van der Waals surface area contributed by atoms with E-state index in [-0.39, 0.29) is 19.1 Å². The maximum Gasteiger partial charge on any atom is 0.261 e. The van der Waals surface area contributed by atoms with Gasteiger partial charge in [0, 0.05) is 11.9 Å². The molecule has 0 spiro atoms. The number of hydrazone groups is 1. The summed E-state index contributed by atoms with van der Waals surface area (Å²) in [6.07, 6.45) is 3.09. The van der Waals surface area contributed by atoms with E-state index in [1.54, 1.807) is 29.1 Å². The quantitative estimate of drug-likeness (QED) is 0.523. The molecular formula is C16H19N5O4. The second kappa shape index (κ2) is 8.48. The van der Waals surface area contributed by atoms with Gasteiger partial charge in [-0.15, -0.1) is 0 Å². The SMILES string of the molecule is COc1cc(/C=N/NC(=O)Cn2nccc2C)ccc1OCC(N)=O. The fraction of sp³-hybridized carbons (Fsp3) is 0.250. The van der Waals surface area contributed by atoms with Crippen LogP contribution in [-0.4, -0.2) is 41.5 Å². The van der Waals surface area contributed by atoms with Gasteiger partial charge in [-0.05, 0) is 36.8 Å². The summed E-state index contributed by atoms with van der Waals surface area (Å²) in [5.41, 5.74) is 9.03. The monoisotopic (exact) mass is 345 g/mol. The van der Waals surface area contributed by atoms with Crippen LogP contribution >= 0.6 is 0 Å². The number of nitrogens with two attached hydrogens (primary N) is 1. The number of carbonyl (C=O) groups excluding carboxylic acids is 2. The van der Waals surface area contributed by atoms with Gasteiger partial charge in [-0.2, -0.15) is 10.2 Å². The number of methoxy groups -OCH3 is 1. The molecule has 0 atom stereocenters. The van der Waals surface area contributed by atoms with Crippen molar-refractivity contribution in [2.24, 2.45) is 10.8 Å². The highest BCUT2D eigenvalue weighted by molar-refractivity contribution is 5.83. The van der Waals surface area contributed by atoms with Gasteiger partial charge < -0.3 is 15.2 Å². The average Bonchev–Trinajstić information content (AvgIpc) is 2.98. The lowest BCUT2D eigenvalue weighted by Crippen LogP contribution is -2.24. The van der Waals surface area contributed by atoms with Gasteiger partial charge in [-0.25, -0.2) is 5.43 Å². The van der Waals surface area contributed by atoms with E-state index in [2.05, 4.69) is 15.6 Å². The standard InChI is InChI=1S/C16H19N5O4/c1-11-5-6-19-21(11)9-16(23)20-18-8-12-3-4-13(14(7-12)24-2)25-10-15(17)22/h3-8H,9-10H2,1-2H3,(H2,17,22)(H,20,23)/b18-8+. The van der Waals surface area contributed by atoms with Crippen molar-refractivity contribution < 1.29 is 19.1 Å². The third-order valence-corrected chi connectivity index (χ3v) is 3.18. The lowest BCUT2D eigenvalue weighted by Gasteiger charge is -2.09. The van der Waals surface area contributed by atoms with Crippen molar-refractivity contribution in [2.75, 3.05) is 13.7 Å². The Balaban J connectivity index is 1.95. The van der Waals surface area contributed by atoms with Crippen molar-refractivity contribution in [1.82, 2.24) is 15.2 Å². The maximum absolute atomic E-state index is 11.8. The predicted molar refractivity (Wildman–Crippen MR) is 90.4 cm³/mol. The molecule has 0 aliphatic heterocycles. The zero-order chi connectivity index (χ0) is 18.2. The van der Waals surface area contributed by atoms with Crippen molar-refractivity contribution in [2.45, 2.75) is 13.5 Å². The number of carbonyl (C=O) groups is 2. The van der Waals surface area contributed by atoms with E-state index in [0.29, 0.717) is 17.1 Å². The number of nitrogens with zero attached hydrogens (tertiary/aromatic N) is 3. The summed E-state index contributed by atoms with van der Waals surface area (Å²) in [6.45, 7) is 1.70. The Labute approximate surface area is 144 Å². The molecule has 1 aromatic heterocycles. The molecule has 0 saturated heterocycles. The summed E-state index contributed by atoms with van der Waals surface area (Å²) >= 11 is 0. The molecule has 9 heteroatoms. The lowest BCUT2D eigenvalue weighted by molar-refractivity contribution is -0.122. The summed E-state index contributed by atoms with van der Waals surface area (Å²) in [5.74, 6) is -0.0698. The third-order valence-electron chi connectivity index (χ3n) is 3.18. The molecule has 3 N–H and O–H groups in total. The Hall–Kier alpha value is -3.36. The van der Waals surface area contributed by atoms with Gasteiger partial charge in [0.25, 0.3) is 11.8 Å². The van der Waals surface area contributed by atoms with Gasteiger partial charge >= 0.3 is 0 Å². The molecule has 1 heterocycles. The van der Waals surface area contributed by atoms with Gasteiger partial charge in [0.1, 0.15) is 6.54 Å². The van der Waals surface area contributed by atoms with Crippen LogP contribution in [0.1, 0.15) is 11.3 Å². The van der Waals surface area contributed by atoms with Crippen LogP contribution in [0.4, 0.5) is 0 Å². The highest BCUT2D eigenvalue weighted by Crippen LogP contribution is 2.27. The normalized spacial score (nSPS) is 10.6. The predicted octanol–water partition coefficient (Wildman–Crippen LogP) is 0.215. The molecule has 0 fully saturated rings. The van der Waals surface area contributed by atoms with Crippen LogP contribution < -0.4 is 20.6 Å². The van der Waals surface area contributed by atoms with E-state index >= 15 is 0 Å². The molecular weight excluding hydrogens is 326 g/mol. The number of benzene rings is 1. The molecule has 2 rings (SSSR count). The van der Waals surface area contributed by atoms with Crippen LogP contribution in [0.2, 0.25) is 0 Å². The second-order valence-corrected chi connectivity index (χ2v) is 5.09. The van der Waals surface area contributed by atoms with E-state index in [1.165, 1.54) is 13.3 Å². The van der Waals surface area contributed by atoms with Crippen LogP contribution in [0.3, 0.4) is 0 Å². The number of aryl methyl sites for hydroxylation is 1. The van der Waals surface area contributed by atoms with E-state index in [1.807, 2.05) is 13.0 Å². The third kappa shape index (κ3) is 5.34. The van der Waals surface area contributed by atoms with Gasteiger partial charge in [0.15, 0.2) is 18.1 Å². The van der Waals surface area contributed by atoms with Crippen molar-refractivity contribution in [1.29, 1.82) is 0 Å². The summed E-state index contributed by atoms with van der Waals surface area (Å²) in [5, 5.41) is 7.92. The van der Waals surface area contributed by atoms with Crippen LogP contribution in [0.5, 0.6) is 11.5 Å². The molecule has 9 nitrogen and oxygen atoms in total. The summed E-state index contributed by atoms with van der Waals surface area (Å²) < 4.78 is 12.0. The Morgan fingerprint density at radius 1 is 1.36 bits per heavy atom. The first kappa shape index (κ1) is 18.0. The lowest BCUT2D eigenvalue weighted by atomic mass is 10.2. The molecule has 2 amide bonds. The first-order chi connectivity index (χ1) is 12.0. The van der Waals surface area contributed by atoms with Gasteiger partial charge in [0.05, 0.1) is 13.3 Å². The Kier molecular flexibility index (Phi) is 6.10. The molecule has 132 valence electrons. The Morgan fingerprint density at radius 2 is 2.16 bits per heavy atom. The number of hydrogen-bond donors (Lipinski definition) is 2. The summed E-state index contributed by atoms with van der Waals surface area (Å²) in [7, 11) is 1.47. The molecule has 1 aromatic carbocycles. The fourth-order valence-electron chi connectivity index (χ4n) is 1.95. The molecule has 0 radical (unpaired) electrons. The van der Waals surface area contributed by atoms with E-state index < -0.39 is 5.91 Å². The van der Waals surface area contributed by atoms with Crippen molar-refractivity contribution in [3.8, 4) is 11.5 Å². The second-order valence-electron chi connectivity index (χ2n) is 5.09. The molecule has 25 heavy (non-hydrogen) atoms. The van der Waals surface area contributed by atoms with Crippen LogP contribution in [-0.2, 0) is 16.1 Å². The molecule has 0 saturated carbocycles. The summed E-state index contributed by atoms with van der Waals surface area (Å²) in [4.78, 5) is 22.6. The molecule has 0 aliphatic rings. The highest BCUT2D eigenvalue weighted by atomic mass is 16.5. The number of amides is 2. The van der Waals surface area contributed by atoms with E-state index in [4.69, 9.17) is 15.2 Å². The Morgan fingerprint density at radius 3 is 2.80 bits per heavy atom. The van der Waals surface area contributed by atoms with E-state index in [9.17, 15) is 9.59 Å². The number of nitrogens with one attached hydrogen (secondary N) is 1. The van der Waals surface area contributed by atoms with E-state index in [0.717, 1.165) is 5.69 Å². The topological polar surface area (TPSA) is 121 Å². The van der Waals surface area contributed by atoms with Crippen LogP contribution in [0, 0.1) is 6.92 Å². The highest BCUT2D eigenvalue weighted by Gasteiger charge is 2.07. The number of rotatable bonds is 8. The minimum absolute atomic E-state index is 0.0827. The Bertz CT molecular complexity index is 785. The zero-order valence-electron chi connectivity index (χ0n) is 13.9. The number of aromatic nitrogens is 2. The van der Waals surface area contributed by atoms with Crippen molar-refractivity contribution in [3.05, 3.63) is 41.7 Å². The summed E-state index contributed by atoms with van der Waals surface area (Å²) in [6, 6.07) is 6.79. The minimum atomic E-state index is -0.581. The zero-order valence-corrected chi connectivity index (χ0v) is 13.9. The average molecular weight is 345 g/mol. The number of primary amides is 1. The molecule has 2 aromatic rings. The largest absolute Gasteiger partial charge is 0.493 e. The van der Waals surface area contributed by atoms with Crippen molar-refractivity contribution >= 4 is 18.0 Å².